The first-order valence-electron chi connectivity index (χ1n) is 5.10. The predicted octanol–water partition coefficient (Wildman–Crippen LogP) is 6.36. The molecule has 92 valence electrons. The van der Waals surface area contributed by atoms with Crippen LogP contribution in [-0.2, 0) is 0 Å². The molecule has 0 fully saturated rings. The zero-order chi connectivity index (χ0) is 13.3. The molecule has 0 atom stereocenters. The van der Waals surface area contributed by atoms with Gasteiger partial charge in [0.05, 0.1) is 0 Å². The molecule has 0 aliphatic carbocycles. The second-order valence-electron chi connectivity index (χ2n) is 3.67. The van der Waals surface area contributed by atoms with Crippen molar-refractivity contribution in [1.29, 1.82) is 0 Å². The van der Waals surface area contributed by atoms with E-state index in [2.05, 4.69) is 6.58 Å². The van der Waals surface area contributed by atoms with Crippen molar-refractivity contribution >= 4 is 52.0 Å². The monoisotopic (exact) mass is 316 g/mol. The summed E-state index contributed by atoms with van der Waals surface area (Å²) in [6.07, 6.45) is 0. The lowest BCUT2D eigenvalue weighted by Gasteiger charge is -2.13. The second kappa shape index (κ2) is 5.54. The van der Waals surface area contributed by atoms with Crippen molar-refractivity contribution in [3.05, 3.63) is 74.2 Å². The lowest BCUT2D eigenvalue weighted by atomic mass is 9.99. The molecule has 0 spiro atoms. The summed E-state index contributed by atoms with van der Waals surface area (Å²) in [5.41, 5.74) is 1.91. The Morgan fingerprint density at radius 3 is 1.22 bits per heavy atom. The minimum atomic E-state index is 0.517. The zero-order valence-electron chi connectivity index (χ0n) is 9.18. The highest BCUT2D eigenvalue weighted by Gasteiger charge is 2.15. The molecule has 0 radical (unpaired) electrons. The molecule has 0 aliphatic heterocycles. The lowest BCUT2D eigenvalue weighted by molar-refractivity contribution is 1.55. The first-order valence-corrected chi connectivity index (χ1v) is 6.61. The van der Waals surface area contributed by atoms with Gasteiger partial charge in [-0.05, 0) is 29.8 Å². The molecule has 18 heavy (non-hydrogen) atoms. The van der Waals surface area contributed by atoms with Crippen molar-refractivity contribution in [3.8, 4) is 0 Å². The summed E-state index contributed by atoms with van der Waals surface area (Å²) in [4.78, 5) is 0. The van der Waals surface area contributed by atoms with Crippen LogP contribution in [0.2, 0.25) is 20.1 Å². The molecule has 0 saturated heterocycles. The minimum Gasteiger partial charge on any atom is -0.0903 e. The standard InChI is InChI=1S/C14H8Cl4/c1-8(13-9(15)4-2-5-10(13)16)14-11(17)6-3-7-12(14)18/h2-7H,1H2. The molecule has 0 N–H and O–H groups in total. The molecule has 0 nitrogen and oxygen atoms in total. The third-order valence-corrected chi connectivity index (χ3v) is 3.79. The van der Waals surface area contributed by atoms with E-state index in [0.29, 0.717) is 36.8 Å². The molecule has 2 rings (SSSR count). The molecule has 0 heterocycles. The van der Waals surface area contributed by atoms with E-state index in [1.54, 1.807) is 36.4 Å². The van der Waals surface area contributed by atoms with Gasteiger partial charge in [0, 0.05) is 31.2 Å². The highest BCUT2D eigenvalue weighted by molar-refractivity contribution is 6.40. The van der Waals surface area contributed by atoms with Crippen LogP contribution in [0.1, 0.15) is 11.1 Å². The van der Waals surface area contributed by atoms with Crippen LogP contribution in [0.25, 0.3) is 5.57 Å². The Bertz CT molecular complexity index is 523. The Morgan fingerprint density at radius 1 is 0.667 bits per heavy atom. The third-order valence-electron chi connectivity index (χ3n) is 2.53. The van der Waals surface area contributed by atoms with E-state index in [9.17, 15) is 0 Å². The van der Waals surface area contributed by atoms with E-state index in [-0.39, 0.29) is 0 Å². The van der Waals surface area contributed by atoms with Crippen molar-refractivity contribution in [3.63, 3.8) is 0 Å². The van der Waals surface area contributed by atoms with Crippen molar-refractivity contribution < 1.29 is 0 Å². The fraction of sp³-hybridized carbons (Fsp3) is 0. The second-order valence-corrected chi connectivity index (χ2v) is 5.30. The van der Waals surface area contributed by atoms with Crippen molar-refractivity contribution in [1.82, 2.24) is 0 Å². The van der Waals surface area contributed by atoms with Gasteiger partial charge in [-0.25, -0.2) is 0 Å². The van der Waals surface area contributed by atoms with E-state index in [1.807, 2.05) is 0 Å². The smallest absolute Gasteiger partial charge is 0.0499 e. The summed E-state index contributed by atoms with van der Waals surface area (Å²) in [6, 6.07) is 10.5. The number of benzene rings is 2. The first-order chi connectivity index (χ1) is 8.52. The van der Waals surface area contributed by atoms with Crippen molar-refractivity contribution in [2.45, 2.75) is 0 Å². The van der Waals surface area contributed by atoms with Gasteiger partial charge in [-0.2, -0.15) is 0 Å². The van der Waals surface area contributed by atoms with Gasteiger partial charge in [0.15, 0.2) is 0 Å². The van der Waals surface area contributed by atoms with Crippen LogP contribution < -0.4 is 0 Å². The highest BCUT2D eigenvalue weighted by Crippen LogP contribution is 2.39. The Labute approximate surface area is 126 Å². The summed E-state index contributed by atoms with van der Waals surface area (Å²) in [6.45, 7) is 4.00. The van der Waals surface area contributed by atoms with E-state index < -0.39 is 0 Å². The molecule has 2 aromatic carbocycles. The van der Waals surface area contributed by atoms with Crippen LogP contribution in [0.5, 0.6) is 0 Å². The minimum absolute atomic E-state index is 0.517. The summed E-state index contributed by atoms with van der Waals surface area (Å²) in [5.74, 6) is 0. The van der Waals surface area contributed by atoms with Gasteiger partial charge in [-0.1, -0.05) is 65.1 Å². The topological polar surface area (TPSA) is 0 Å². The molecule has 0 aromatic heterocycles. The highest BCUT2D eigenvalue weighted by atomic mass is 35.5. The molecule has 0 amide bonds. The third kappa shape index (κ3) is 2.53. The SMILES string of the molecule is C=C(c1c(Cl)cccc1Cl)c1c(Cl)cccc1Cl. The molecule has 0 saturated carbocycles. The van der Waals surface area contributed by atoms with E-state index in [4.69, 9.17) is 46.4 Å². The van der Waals surface area contributed by atoms with Gasteiger partial charge >= 0.3 is 0 Å². The van der Waals surface area contributed by atoms with E-state index in [1.165, 1.54) is 0 Å². The van der Waals surface area contributed by atoms with Crippen LogP contribution in [0, 0.1) is 0 Å². The summed E-state index contributed by atoms with van der Waals surface area (Å²) < 4.78 is 0. The fourth-order valence-electron chi connectivity index (χ4n) is 1.70. The largest absolute Gasteiger partial charge is 0.0903 e. The number of hydrogen-bond acceptors (Lipinski definition) is 0. The van der Waals surface area contributed by atoms with Crippen LogP contribution in [0.4, 0.5) is 0 Å². The van der Waals surface area contributed by atoms with Crippen LogP contribution in [0.3, 0.4) is 0 Å². The summed E-state index contributed by atoms with van der Waals surface area (Å²) >= 11 is 24.6. The Hall–Kier alpha value is -0.660. The summed E-state index contributed by atoms with van der Waals surface area (Å²) in [5, 5.41) is 2.07. The lowest BCUT2D eigenvalue weighted by Crippen LogP contribution is -1.91. The Balaban J connectivity index is 2.63. The average Bonchev–Trinajstić information content (AvgIpc) is 2.28. The van der Waals surface area contributed by atoms with Gasteiger partial charge in [0.25, 0.3) is 0 Å². The molecular weight excluding hydrogens is 310 g/mol. The fourth-order valence-corrected chi connectivity index (χ4v) is 2.95. The molecule has 4 heteroatoms. The average molecular weight is 318 g/mol. The first kappa shape index (κ1) is 13.8. The van der Waals surface area contributed by atoms with Crippen LogP contribution >= 0.6 is 46.4 Å². The van der Waals surface area contributed by atoms with Crippen LogP contribution in [-0.4, -0.2) is 0 Å². The quantitative estimate of drug-likeness (QED) is 0.604. The predicted molar refractivity (Wildman–Crippen MR) is 81.1 cm³/mol. The van der Waals surface area contributed by atoms with Gasteiger partial charge in [0.2, 0.25) is 0 Å². The van der Waals surface area contributed by atoms with Gasteiger partial charge in [-0.15, -0.1) is 0 Å². The normalized spacial score (nSPS) is 10.4. The van der Waals surface area contributed by atoms with Gasteiger partial charge in [0.1, 0.15) is 0 Å². The van der Waals surface area contributed by atoms with Crippen LogP contribution in [0.15, 0.2) is 43.0 Å². The summed E-state index contributed by atoms with van der Waals surface area (Å²) in [7, 11) is 0. The molecule has 0 bridgehead atoms. The number of hydrogen-bond donors (Lipinski definition) is 0. The zero-order valence-corrected chi connectivity index (χ0v) is 12.2. The Kier molecular flexibility index (Phi) is 4.24. The van der Waals surface area contributed by atoms with Gasteiger partial charge in [-0.3, -0.25) is 0 Å². The molecule has 2 aromatic rings. The van der Waals surface area contributed by atoms with Crippen molar-refractivity contribution in [2.24, 2.45) is 0 Å². The molecular formula is C14H8Cl4. The number of halogens is 4. The maximum absolute atomic E-state index is 6.15. The maximum atomic E-state index is 6.15. The molecule has 0 aliphatic rings. The number of rotatable bonds is 2. The maximum Gasteiger partial charge on any atom is 0.0499 e. The van der Waals surface area contributed by atoms with Crippen molar-refractivity contribution in [2.75, 3.05) is 0 Å². The molecule has 0 unspecified atom stereocenters. The van der Waals surface area contributed by atoms with E-state index >= 15 is 0 Å². The van der Waals surface area contributed by atoms with Gasteiger partial charge < -0.3 is 0 Å². The Morgan fingerprint density at radius 2 is 0.944 bits per heavy atom. The van der Waals surface area contributed by atoms with E-state index in [0.717, 1.165) is 0 Å².